The zero-order valence-corrected chi connectivity index (χ0v) is 10.7. The summed E-state index contributed by atoms with van der Waals surface area (Å²) >= 11 is 0. The maximum absolute atomic E-state index is 12.2. The summed E-state index contributed by atoms with van der Waals surface area (Å²) in [7, 11) is 0. The van der Waals surface area contributed by atoms with Crippen LogP contribution >= 0.6 is 0 Å². The van der Waals surface area contributed by atoms with Crippen LogP contribution in [0.3, 0.4) is 0 Å². The van der Waals surface area contributed by atoms with E-state index in [-0.39, 0.29) is 11.8 Å². The first-order valence-electron chi connectivity index (χ1n) is 5.92. The Bertz CT molecular complexity index is 296. The van der Waals surface area contributed by atoms with Crippen molar-refractivity contribution >= 4 is 11.8 Å². The molecule has 4 N–H and O–H groups in total. The molecule has 0 saturated carbocycles. The Hall–Kier alpha value is -1.14. The van der Waals surface area contributed by atoms with Crippen molar-refractivity contribution in [1.29, 1.82) is 0 Å². The number of piperazine rings is 1. The number of nitrogens with two attached hydrogens (primary N) is 1. The summed E-state index contributed by atoms with van der Waals surface area (Å²) in [5.41, 5.74) is 4.57. The van der Waals surface area contributed by atoms with Crippen LogP contribution < -0.4 is 16.4 Å². The SMILES string of the molecule is CC(N)C(=O)NC(C)(C)C(=O)N1CCNCC1. The molecule has 0 aromatic carbocycles. The molecular formula is C11H22N4O2. The number of amides is 2. The van der Waals surface area contributed by atoms with Gasteiger partial charge in [0.25, 0.3) is 0 Å². The Morgan fingerprint density at radius 2 is 1.88 bits per heavy atom. The van der Waals surface area contributed by atoms with Gasteiger partial charge in [0.05, 0.1) is 6.04 Å². The normalized spacial score (nSPS) is 18.7. The van der Waals surface area contributed by atoms with E-state index in [4.69, 9.17) is 5.73 Å². The van der Waals surface area contributed by atoms with Crippen LogP contribution in [0.25, 0.3) is 0 Å². The van der Waals surface area contributed by atoms with E-state index in [9.17, 15) is 9.59 Å². The first kappa shape index (κ1) is 13.9. The number of carbonyl (C=O) groups excluding carboxylic acids is 2. The largest absolute Gasteiger partial charge is 0.341 e. The van der Waals surface area contributed by atoms with E-state index in [2.05, 4.69) is 10.6 Å². The first-order valence-corrected chi connectivity index (χ1v) is 5.92. The molecule has 1 saturated heterocycles. The highest BCUT2D eigenvalue weighted by Gasteiger charge is 2.34. The molecule has 0 radical (unpaired) electrons. The quantitative estimate of drug-likeness (QED) is 0.571. The smallest absolute Gasteiger partial charge is 0.247 e. The zero-order valence-electron chi connectivity index (χ0n) is 10.7. The van der Waals surface area contributed by atoms with Gasteiger partial charge in [-0.05, 0) is 20.8 Å². The molecule has 1 rings (SSSR count). The molecule has 1 heterocycles. The molecule has 0 aliphatic carbocycles. The maximum atomic E-state index is 12.2. The molecule has 1 atom stereocenters. The third-order valence-electron chi connectivity index (χ3n) is 2.79. The predicted octanol–water partition coefficient (Wildman–Crippen LogP) is -1.34. The maximum Gasteiger partial charge on any atom is 0.247 e. The van der Waals surface area contributed by atoms with Crippen molar-refractivity contribution < 1.29 is 9.59 Å². The molecule has 17 heavy (non-hydrogen) atoms. The monoisotopic (exact) mass is 242 g/mol. The van der Waals surface area contributed by atoms with Crippen LogP contribution in [-0.4, -0.2) is 54.5 Å². The molecule has 6 heteroatoms. The van der Waals surface area contributed by atoms with Crippen LogP contribution in [0.1, 0.15) is 20.8 Å². The van der Waals surface area contributed by atoms with Gasteiger partial charge in [-0.2, -0.15) is 0 Å². The highest BCUT2D eigenvalue weighted by Crippen LogP contribution is 2.09. The van der Waals surface area contributed by atoms with Crippen molar-refractivity contribution in [3.63, 3.8) is 0 Å². The van der Waals surface area contributed by atoms with Crippen molar-refractivity contribution in [1.82, 2.24) is 15.5 Å². The molecule has 0 spiro atoms. The van der Waals surface area contributed by atoms with E-state index in [1.54, 1.807) is 25.7 Å². The number of nitrogens with one attached hydrogen (secondary N) is 2. The molecule has 1 unspecified atom stereocenters. The summed E-state index contributed by atoms with van der Waals surface area (Å²) in [6.45, 7) is 7.95. The lowest BCUT2D eigenvalue weighted by molar-refractivity contribution is -0.141. The van der Waals surface area contributed by atoms with Crippen LogP contribution in [-0.2, 0) is 9.59 Å². The second kappa shape index (κ2) is 5.46. The second-order valence-corrected chi connectivity index (χ2v) is 4.95. The van der Waals surface area contributed by atoms with Crippen molar-refractivity contribution in [2.45, 2.75) is 32.4 Å². The fourth-order valence-corrected chi connectivity index (χ4v) is 1.74. The average Bonchev–Trinajstić information content (AvgIpc) is 2.28. The van der Waals surface area contributed by atoms with Crippen LogP contribution in [0.15, 0.2) is 0 Å². The van der Waals surface area contributed by atoms with Crippen LogP contribution in [0.4, 0.5) is 0 Å². The average molecular weight is 242 g/mol. The van der Waals surface area contributed by atoms with E-state index in [1.807, 2.05) is 0 Å². The Morgan fingerprint density at radius 3 is 2.35 bits per heavy atom. The van der Waals surface area contributed by atoms with E-state index >= 15 is 0 Å². The van der Waals surface area contributed by atoms with E-state index in [0.29, 0.717) is 13.1 Å². The number of rotatable bonds is 3. The molecule has 98 valence electrons. The highest BCUT2D eigenvalue weighted by molar-refractivity contribution is 5.92. The summed E-state index contributed by atoms with van der Waals surface area (Å²) in [6, 6.07) is -0.606. The van der Waals surface area contributed by atoms with Gasteiger partial charge in [0.2, 0.25) is 11.8 Å². The third kappa shape index (κ3) is 3.67. The minimum atomic E-state index is -0.901. The lowest BCUT2D eigenvalue weighted by atomic mass is 10.0. The van der Waals surface area contributed by atoms with E-state index in [0.717, 1.165) is 13.1 Å². The van der Waals surface area contributed by atoms with E-state index < -0.39 is 11.6 Å². The minimum Gasteiger partial charge on any atom is -0.341 e. The fraction of sp³-hybridized carbons (Fsp3) is 0.818. The van der Waals surface area contributed by atoms with Gasteiger partial charge < -0.3 is 21.3 Å². The van der Waals surface area contributed by atoms with Gasteiger partial charge >= 0.3 is 0 Å². The molecule has 1 fully saturated rings. The second-order valence-electron chi connectivity index (χ2n) is 4.95. The van der Waals surface area contributed by atoms with Gasteiger partial charge in [0.15, 0.2) is 0 Å². The molecule has 0 bridgehead atoms. The van der Waals surface area contributed by atoms with Gasteiger partial charge in [-0.15, -0.1) is 0 Å². The number of hydrogen-bond acceptors (Lipinski definition) is 4. The summed E-state index contributed by atoms with van der Waals surface area (Å²) in [4.78, 5) is 25.5. The van der Waals surface area contributed by atoms with E-state index in [1.165, 1.54) is 0 Å². The molecular weight excluding hydrogens is 220 g/mol. The highest BCUT2D eigenvalue weighted by atomic mass is 16.2. The Labute approximate surface area is 102 Å². The number of carbonyl (C=O) groups is 2. The number of nitrogens with zero attached hydrogens (tertiary/aromatic N) is 1. The first-order chi connectivity index (χ1) is 7.84. The summed E-state index contributed by atoms with van der Waals surface area (Å²) in [6.07, 6.45) is 0. The van der Waals surface area contributed by atoms with Crippen LogP contribution in [0, 0.1) is 0 Å². The molecule has 1 aliphatic heterocycles. The van der Waals surface area contributed by atoms with Gasteiger partial charge in [-0.25, -0.2) is 0 Å². The minimum absolute atomic E-state index is 0.0620. The van der Waals surface area contributed by atoms with Crippen molar-refractivity contribution in [3.8, 4) is 0 Å². The zero-order chi connectivity index (χ0) is 13.1. The van der Waals surface area contributed by atoms with Gasteiger partial charge in [-0.3, -0.25) is 9.59 Å². The lowest BCUT2D eigenvalue weighted by Crippen LogP contribution is -2.60. The van der Waals surface area contributed by atoms with Crippen molar-refractivity contribution in [2.24, 2.45) is 5.73 Å². The summed E-state index contributed by atoms with van der Waals surface area (Å²) < 4.78 is 0. The molecule has 0 aromatic rings. The van der Waals surface area contributed by atoms with Gasteiger partial charge in [0.1, 0.15) is 5.54 Å². The van der Waals surface area contributed by atoms with Crippen LogP contribution in [0.2, 0.25) is 0 Å². The summed E-state index contributed by atoms with van der Waals surface area (Å²) in [5.74, 6) is -0.369. The Kier molecular flexibility index (Phi) is 4.47. The lowest BCUT2D eigenvalue weighted by Gasteiger charge is -2.35. The fourth-order valence-electron chi connectivity index (χ4n) is 1.74. The predicted molar refractivity (Wildman–Crippen MR) is 65.3 cm³/mol. The third-order valence-corrected chi connectivity index (χ3v) is 2.79. The molecule has 2 amide bonds. The molecule has 0 aromatic heterocycles. The van der Waals surface area contributed by atoms with Gasteiger partial charge in [-0.1, -0.05) is 0 Å². The summed E-state index contributed by atoms with van der Waals surface area (Å²) in [5, 5.41) is 5.86. The Morgan fingerprint density at radius 1 is 1.35 bits per heavy atom. The standard InChI is InChI=1S/C11H22N4O2/c1-8(12)9(16)14-11(2,3)10(17)15-6-4-13-5-7-15/h8,13H,4-7,12H2,1-3H3,(H,14,16). The van der Waals surface area contributed by atoms with Crippen LogP contribution in [0.5, 0.6) is 0 Å². The van der Waals surface area contributed by atoms with Crippen molar-refractivity contribution in [3.05, 3.63) is 0 Å². The van der Waals surface area contributed by atoms with Crippen molar-refractivity contribution in [2.75, 3.05) is 26.2 Å². The van der Waals surface area contributed by atoms with Gasteiger partial charge in [0, 0.05) is 26.2 Å². The molecule has 6 nitrogen and oxygen atoms in total. The topological polar surface area (TPSA) is 87.5 Å². The Balaban J connectivity index is 2.61. The number of hydrogen-bond donors (Lipinski definition) is 3. The molecule has 1 aliphatic rings.